The number of aromatic nitrogens is 4. The summed E-state index contributed by atoms with van der Waals surface area (Å²) in [6.07, 6.45) is 4.67. The number of rotatable bonds is 1. The van der Waals surface area contributed by atoms with Crippen molar-refractivity contribution >= 4 is 39.8 Å². The van der Waals surface area contributed by atoms with Crippen LogP contribution in [0.1, 0.15) is 10.4 Å². The van der Waals surface area contributed by atoms with Crippen LogP contribution in [0.4, 0.5) is 5.95 Å². The Morgan fingerprint density at radius 3 is 3.00 bits per heavy atom. The number of carbonyl (C=O) groups is 1. The van der Waals surface area contributed by atoms with E-state index in [2.05, 4.69) is 15.0 Å². The summed E-state index contributed by atoms with van der Waals surface area (Å²) in [5, 5.41) is 0.826. The molecule has 2 aromatic heterocycles. The molecule has 0 unspecified atom stereocenters. The van der Waals surface area contributed by atoms with Crippen molar-refractivity contribution in [2.45, 2.75) is 0 Å². The molecule has 0 atom stereocenters. The molecule has 8 heteroatoms. The van der Waals surface area contributed by atoms with Crippen molar-refractivity contribution in [3.8, 4) is 0 Å². The van der Waals surface area contributed by atoms with Crippen molar-refractivity contribution in [2.24, 2.45) is 4.99 Å². The largest absolute Gasteiger partial charge is 0.369 e. The Balaban J connectivity index is 1.86. The predicted octanol–water partition coefficient (Wildman–Crippen LogP) is 1.45. The van der Waals surface area contributed by atoms with Crippen LogP contribution in [0.5, 0.6) is 0 Å². The molecule has 0 fully saturated rings. The highest BCUT2D eigenvalue weighted by atomic mass is 32.2. The molecule has 1 aliphatic rings. The van der Waals surface area contributed by atoms with Crippen LogP contribution >= 0.6 is 11.8 Å². The summed E-state index contributed by atoms with van der Waals surface area (Å²) in [4.78, 5) is 25.1. The van der Waals surface area contributed by atoms with Gasteiger partial charge in [0.15, 0.2) is 5.17 Å². The maximum Gasteiger partial charge on any atom is 0.263 e. The van der Waals surface area contributed by atoms with Crippen LogP contribution in [0, 0.1) is 0 Å². The maximum absolute atomic E-state index is 12.4. The topological polar surface area (TPSA) is 91.1 Å². The summed E-state index contributed by atoms with van der Waals surface area (Å²) < 4.78 is 3.24. The van der Waals surface area contributed by atoms with Gasteiger partial charge in [0.05, 0.1) is 17.6 Å². The zero-order valence-corrected chi connectivity index (χ0v) is 12.3. The summed E-state index contributed by atoms with van der Waals surface area (Å²) >= 11 is 1.63. The minimum Gasteiger partial charge on any atom is -0.369 e. The van der Waals surface area contributed by atoms with Crippen molar-refractivity contribution in [3.05, 3.63) is 42.5 Å². The first kappa shape index (κ1) is 13.1. The second-order valence-electron chi connectivity index (χ2n) is 4.80. The molecule has 110 valence electrons. The first-order valence-electron chi connectivity index (χ1n) is 6.72. The Morgan fingerprint density at radius 1 is 1.36 bits per heavy atom. The molecule has 2 N–H and O–H groups in total. The van der Waals surface area contributed by atoms with Crippen molar-refractivity contribution in [1.29, 1.82) is 0 Å². The fourth-order valence-electron chi connectivity index (χ4n) is 2.42. The lowest BCUT2D eigenvalue weighted by molar-refractivity contribution is 0.0960. The van der Waals surface area contributed by atoms with Crippen molar-refractivity contribution in [1.82, 2.24) is 19.1 Å². The summed E-state index contributed by atoms with van der Waals surface area (Å²) in [7, 11) is 0. The molecule has 0 amide bonds. The number of fused-ring (bicyclic) bond motifs is 1. The fraction of sp³-hybridized carbons (Fsp3) is 0.143. The van der Waals surface area contributed by atoms with Gasteiger partial charge in [0, 0.05) is 23.7 Å². The monoisotopic (exact) mass is 312 g/mol. The highest BCUT2D eigenvalue weighted by molar-refractivity contribution is 8.14. The molecule has 1 aliphatic heterocycles. The lowest BCUT2D eigenvalue weighted by atomic mass is 10.2. The zero-order valence-electron chi connectivity index (χ0n) is 11.5. The number of aliphatic imine (C=N–C) groups is 1. The van der Waals surface area contributed by atoms with E-state index in [0.29, 0.717) is 11.5 Å². The molecule has 0 aliphatic carbocycles. The maximum atomic E-state index is 12.4. The minimum absolute atomic E-state index is 0.147. The number of hydrogen-bond donors (Lipinski definition) is 1. The molecule has 4 rings (SSSR count). The molecule has 0 bridgehead atoms. The third-order valence-corrected chi connectivity index (χ3v) is 4.38. The third kappa shape index (κ3) is 2.00. The molecule has 22 heavy (non-hydrogen) atoms. The Hall–Kier alpha value is -2.61. The Kier molecular flexibility index (Phi) is 2.97. The number of nitrogen functional groups attached to an aromatic ring is 1. The molecular weight excluding hydrogens is 300 g/mol. The van der Waals surface area contributed by atoms with E-state index in [1.165, 1.54) is 10.9 Å². The third-order valence-electron chi connectivity index (χ3n) is 3.43. The average molecular weight is 312 g/mol. The van der Waals surface area contributed by atoms with Crippen LogP contribution in [0.15, 0.2) is 41.9 Å². The molecule has 7 nitrogen and oxygen atoms in total. The van der Waals surface area contributed by atoms with Crippen LogP contribution in [0.25, 0.3) is 11.0 Å². The van der Waals surface area contributed by atoms with Gasteiger partial charge in [0.2, 0.25) is 5.95 Å². The van der Waals surface area contributed by atoms with E-state index >= 15 is 0 Å². The standard InChI is InChI=1S/C14H12N6OS/c15-13-18-10-2-1-9(12(21)19-5-3-16-8-19)7-11(10)20(13)14-17-4-6-22-14/h1-3,5,7-8H,4,6H2,(H2,15,18). The summed E-state index contributed by atoms with van der Waals surface area (Å²) in [5.41, 5.74) is 8.10. The van der Waals surface area contributed by atoms with Gasteiger partial charge in [-0.05, 0) is 18.2 Å². The lowest BCUT2D eigenvalue weighted by Gasteiger charge is -2.06. The van der Waals surface area contributed by atoms with Crippen LogP contribution in [-0.4, -0.2) is 42.5 Å². The first-order chi connectivity index (χ1) is 10.7. The minimum atomic E-state index is -0.147. The van der Waals surface area contributed by atoms with Gasteiger partial charge in [0.25, 0.3) is 5.91 Å². The molecule has 0 saturated heterocycles. The van der Waals surface area contributed by atoms with Gasteiger partial charge < -0.3 is 5.73 Å². The number of imidazole rings is 2. The highest BCUT2D eigenvalue weighted by Gasteiger charge is 2.18. The lowest BCUT2D eigenvalue weighted by Crippen LogP contribution is -2.11. The normalized spacial score (nSPS) is 14.5. The first-order valence-corrected chi connectivity index (χ1v) is 7.71. The smallest absolute Gasteiger partial charge is 0.263 e. The van der Waals surface area contributed by atoms with Crippen molar-refractivity contribution in [2.75, 3.05) is 18.0 Å². The fourth-order valence-corrected chi connectivity index (χ4v) is 3.28. The van der Waals surface area contributed by atoms with E-state index < -0.39 is 0 Å². The van der Waals surface area contributed by atoms with Crippen LogP contribution < -0.4 is 5.73 Å². The van der Waals surface area contributed by atoms with Gasteiger partial charge in [0.1, 0.15) is 6.33 Å². The second kappa shape index (κ2) is 4.99. The molecule has 3 heterocycles. The second-order valence-corrected chi connectivity index (χ2v) is 5.86. The van der Waals surface area contributed by atoms with Gasteiger partial charge in [-0.15, -0.1) is 0 Å². The van der Waals surface area contributed by atoms with Gasteiger partial charge in [-0.2, -0.15) is 0 Å². The zero-order chi connectivity index (χ0) is 15.1. The number of nitrogens with zero attached hydrogens (tertiary/aromatic N) is 5. The molecule has 0 spiro atoms. The number of carbonyl (C=O) groups excluding carboxylic acids is 1. The molecule has 0 radical (unpaired) electrons. The highest BCUT2D eigenvalue weighted by Crippen LogP contribution is 2.25. The molecule has 1 aromatic carbocycles. The summed E-state index contributed by atoms with van der Waals surface area (Å²) in [6, 6.07) is 5.33. The van der Waals surface area contributed by atoms with E-state index in [4.69, 9.17) is 5.73 Å². The molecule has 0 saturated carbocycles. The number of benzene rings is 1. The quantitative estimate of drug-likeness (QED) is 0.734. The Bertz CT molecular complexity index is 896. The van der Waals surface area contributed by atoms with Crippen LogP contribution in [0.3, 0.4) is 0 Å². The number of hydrogen-bond acceptors (Lipinski definition) is 6. The number of thioether (sulfide) groups is 1. The van der Waals surface area contributed by atoms with Crippen LogP contribution in [0.2, 0.25) is 0 Å². The van der Waals surface area contributed by atoms with Gasteiger partial charge in [-0.3, -0.25) is 18.9 Å². The Labute approximate surface area is 129 Å². The van der Waals surface area contributed by atoms with Gasteiger partial charge in [-0.25, -0.2) is 9.97 Å². The van der Waals surface area contributed by atoms with Crippen LogP contribution in [-0.2, 0) is 0 Å². The number of anilines is 1. The SMILES string of the molecule is Nc1nc2ccc(C(=O)n3ccnc3)cc2n1C1=NCCS1. The average Bonchev–Trinajstić information content (AvgIpc) is 3.25. The van der Waals surface area contributed by atoms with Crippen molar-refractivity contribution in [3.63, 3.8) is 0 Å². The summed E-state index contributed by atoms with van der Waals surface area (Å²) in [5.74, 6) is 1.17. The van der Waals surface area contributed by atoms with Crippen molar-refractivity contribution < 1.29 is 4.79 Å². The molecular formula is C14H12N6OS. The van der Waals surface area contributed by atoms with E-state index in [9.17, 15) is 4.79 Å². The van der Waals surface area contributed by atoms with E-state index in [0.717, 1.165) is 28.5 Å². The van der Waals surface area contributed by atoms with E-state index in [1.807, 2.05) is 0 Å². The van der Waals surface area contributed by atoms with E-state index in [-0.39, 0.29) is 5.91 Å². The predicted molar refractivity (Wildman–Crippen MR) is 86.3 cm³/mol. The number of nitrogens with two attached hydrogens (primary N) is 1. The van der Waals surface area contributed by atoms with Gasteiger partial charge >= 0.3 is 0 Å². The van der Waals surface area contributed by atoms with Gasteiger partial charge in [-0.1, -0.05) is 11.8 Å². The molecule has 3 aromatic rings. The van der Waals surface area contributed by atoms with E-state index in [1.54, 1.807) is 46.9 Å². The Morgan fingerprint density at radius 2 is 2.27 bits per heavy atom. The summed E-state index contributed by atoms with van der Waals surface area (Å²) in [6.45, 7) is 0.771.